The molecule has 1 aliphatic heterocycles. The first-order valence-electron chi connectivity index (χ1n) is 6.39. The highest BCUT2D eigenvalue weighted by Gasteiger charge is 2.19. The van der Waals surface area contributed by atoms with Crippen molar-refractivity contribution in [2.75, 3.05) is 31.1 Å². The van der Waals surface area contributed by atoms with Crippen molar-refractivity contribution >= 4 is 35.2 Å². The Balaban J connectivity index is 0.00000147. The summed E-state index contributed by atoms with van der Waals surface area (Å²) in [6, 6.07) is 11.8. The van der Waals surface area contributed by atoms with Gasteiger partial charge in [-0.15, -0.1) is 12.4 Å². The van der Waals surface area contributed by atoms with Crippen molar-refractivity contribution in [2.24, 2.45) is 5.73 Å². The molecule has 2 aromatic rings. The number of carbonyl (C=O) groups is 1. The van der Waals surface area contributed by atoms with E-state index in [-0.39, 0.29) is 18.4 Å². The van der Waals surface area contributed by atoms with E-state index >= 15 is 0 Å². The maximum Gasteiger partial charge on any atom is 0.314 e. The molecule has 5 nitrogen and oxygen atoms in total. The van der Waals surface area contributed by atoms with Crippen LogP contribution in [0, 0.1) is 0 Å². The predicted octanol–water partition coefficient (Wildman–Crippen LogP) is 1.86. The van der Waals surface area contributed by atoms with Crippen LogP contribution < -0.4 is 10.6 Å². The molecule has 0 unspecified atom stereocenters. The van der Waals surface area contributed by atoms with Gasteiger partial charge in [0, 0.05) is 31.6 Å². The zero-order valence-corrected chi connectivity index (χ0v) is 11.8. The van der Waals surface area contributed by atoms with Crippen LogP contribution in [0.2, 0.25) is 0 Å². The first kappa shape index (κ1) is 14.4. The molecule has 2 amide bonds. The van der Waals surface area contributed by atoms with Crippen LogP contribution in [0.15, 0.2) is 36.4 Å². The molecule has 0 aliphatic carbocycles. The van der Waals surface area contributed by atoms with Crippen LogP contribution in [-0.4, -0.2) is 42.1 Å². The van der Waals surface area contributed by atoms with Gasteiger partial charge in [-0.2, -0.15) is 0 Å². The van der Waals surface area contributed by atoms with E-state index in [2.05, 4.69) is 22.0 Å². The first-order chi connectivity index (χ1) is 9.24. The summed E-state index contributed by atoms with van der Waals surface area (Å²) in [6.07, 6.45) is 0. The number of amides is 2. The Morgan fingerprint density at radius 2 is 1.75 bits per heavy atom. The van der Waals surface area contributed by atoms with E-state index in [9.17, 15) is 4.79 Å². The number of piperazine rings is 1. The lowest BCUT2D eigenvalue weighted by atomic mass is 10.2. The van der Waals surface area contributed by atoms with E-state index in [1.807, 2.05) is 24.3 Å². The third kappa shape index (κ3) is 2.77. The molecule has 1 saturated heterocycles. The number of halogens is 1. The molecule has 0 atom stereocenters. The second kappa shape index (κ2) is 5.96. The molecule has 0 saturated carbocycles. The largest absolute Gasteiger partial charge is 0.353 e. The van der Waals surface area contributed by atoms with Gasteiger partial charge >= 0.3 is 6.03 Å². The van der Waals surface area contributed by atoms with E-state index in [0.717, 1.165) is 29.8 Å². The predicted molar refractivity (Wildman–Crippen MR) is 82.4 cm³/mol. The summed E-state index contributed by atoms with van der Waals surface area (Å²) in [4.78, 5) is 19.6. The monoisotopic (exact) mass is 292 g/mol. The van der Waals surface area contributed by atoms with Crippen molar-refractivity contribution in [2.45, 2.75) is 0 Å². The van der Waals surface area contributed by atoms with Gasteiger partial charge in [0.15, 0.2) is 0 Å². The Morgan fingerprint density at radius 3 is 2.45 bits per heavy atom. The number of rotatable bonds is 1. The Morgan fingerprint density at radius 1 is 1.05 bits per heavy atom. The summed E-state index contributed by atoms with van der Waals surface area (Å²) in [5, 5.41) is 1.14. The number of benzene rings is 1. The third-order valence-corrected chi connectivity index (χ3v) is 3.50. The van der Waals surface area contributed by atoms with Crippen LogP contribution in [0.5, 0.6) is 0 Å². The highest BCUT2D eigenvalue weighted by molar-refractivity contribution is 5.85. The summed E-state index contributed by atoms with van der Waals surface area (Å²) in [5.74, 6) is 0.961. The van der Waals surface area contributed by atoms with Crippen LogP contribution in [0.4, 0.5) is 10.6 Å². The van der Waals surface area contributed by atoms with E-state index < -0.39 is 0 Å². The number of carbonyl (C=O) groups excluding carboxylic acids is 1. The highest BCUT2D eigenvalue weighted by atomic mass is 35.5. The van der Waals surface area contributed by atoms with E-state index in [4.69, 9.17) is 5.73 Å². The number of aromatic nitrogens is 1. The molecule has 1 aromatic heterocycles. The second-order valence-corrected chi connectivity index (χ2v) is 4.67. The van der Waals surface area contributed by atoms with E-state index in [1.165, 1.54) is 0 Å². The molecule has 0 spiro atoms. The van der Waals surface area contributed by atoms with Gasteiger partial charge in [-0.25, -0.2) is 9.78 Å². The minimum Gasteiger partial charge on any atom is -0.353 e. The van der Waals surface area contributed by atoms with Gasteiger partial charge in [-0.1, -0.05) is 18.2 Å². The van der Waals surface area contributed by atoms with Crippen LogP contribution in [0.1, 0.15) is 0 Å². The number of nitrogens with zero attached hydrogens (tertiary/aromatic N) is 3. The van der Waals surface area contributed by atoms with Crippen molar-refractivity contribution < 1.29 is 4.79 Å². The SMILES string of the molecule is Cl.NC(=O)N1CCN(c2ccc3ccccc3n2)CC1. The molecule has 1 aromatic carbocycles. The average Bonchev–Trinajstić information content (AvgIpc) is 2.47. The Kier molecular flexibility index (Phi) is 4.29. The zero-order chi connectivity index (χ0) is 13.2. The summed E-state index contributed by atoms with van der Waals surface area (Å²) in [7, 11) is 0. The zero-order valence-electron chi connectivity index (χ0n) is 11.0. The topological polar surface area (TPSA) is 62.5 Å². The molecule has 106 valence electrons. The lowest BCUT2D eigenvalue weighted by Gasteiger charge is -2.34. The Hall–Kier alpha value is -2.01. The van der Waals surface area contributed by atoms with Gasteiger partial charge in [-0.05, 0) is 18.2 Å². The van der Waals surface area contributed by atoms with Crippen LogP contribution in [0.25, 0.3) is 10.9 Å². The molecule has 6 heteroatoms. The van der Waals surface area contributed by atoms with Crippen LogP contribution >= 0.6 is 12.4 Å². The molecule has 1 fully saturated rings. The third-order valence-electron chi connectivity index (χ3n) is 3.50. The van der Waals surface area contributed by atoms with Crippen LogP contribution in [-0.2, 0) is 0 Å². The van der Waals surface area contributed by atoms with Crippen LogP contribution in [0.3, 0.4) is 0 Å². The van der Waals surface area contributed by atoms with Gasteiger partial charge < -0.3 is 15.5 Å². The molecule has 2 heterocycles. The fourth-order valence-corrected chi connectivity index (χ4v) is 2.39. The smallest absolute Gasteiger partial charge is 0.314 e. The lowest BCUT2D eigenvalue weighted by Crippen LogP contribution is -2.50. The number of para-hydroxylation sites is 1. The molecule has 2 N–H and O–H groups in total. The molecule has 20 heavy (non-hydrogen) atoms. The Bertz CT molecular complexity index is 611. The quantitative estimate of drug-likeness (QED) is 0.872. The summed E-state index contributed by atoms with van der Waals surface area (Å²) < 4.78 is 0. The van der Waals surface area contributed by atoms with Gasteiger partial charge in [0.1, 0.15) is 5.82 Å². The number of anilines is 1. The molecule has 0 radical (unpaired) electrons. The van der Waals surface area contributed by atoms with Crippen molar-refractivity contribution in [3.63, 3.8) is 0 Å². The number of nitrogens with two attached hydrogens (primary N) is 1. The number of pyridine rings is 1. The average molecular weight is 293 g/mol. The van der Waals surface area contributed by atoms with Crippen molar-refractivity contribution in [3.05, 3.63) is 36.4 Å². The van der Waals surface area contributed by atoms with Gasteiger partial charge in [0.2, 0.25) is 0 Å². The van der Waals surface area contributed by atoms with Gasteiger partial charge in [0.25, 0.3) is 0 Å². The number of hydrogen-bond acceptors (Lipinski definition) is 3. The normalized spacial score (nSPS) is 15.0. The van der Waals surface area contributed by atoms with E-state index in [0.29, 0.717) is 13.1 Å². The minimum atomic E-state index is -0.342. The van der Waals surface area contributed by atoms with Crippen molar-refractivity contribution in [1.29, 1.82) is 0 Å². The Labute approximate surface area is 123 Å². The van der Waals surface area contributed by atoms with Crippen molar-refractivity contribution in [3.8, 4) is 0 Å². The lowest BCUT2D eigenvalue weighted by molar-refractivity contribution is 0.204. The fourth-order valence-electron chi connectivity index (χ4n) is 2.39. The van der Waals surface area contributed by atoms with Gasteiger partial charge in [0.05, 0.1) is 5.52 Å². The summed E-state index contributed by atoms with van der Waals surface area (Å²) in [5.41, 5.74) is 6.28. The first-order valence-corrected chi connectivity index (χ1v) is 6.39. The van der Waals surface area contributed by atoms with Gasteiger partial charge in [-0.3, -0.25) is 0 Å². The standard InChI is InChI=1S/C14H16N4O.ClH/c15-14(19)18-9-7-17(8-10-18)13-6-5-11-3-1-2-4-12(11)16-13;/h1-6H,7-10H2,(H2,15,19);1H. The molecule has 0 bridgehead atoms. The van der Waals surface area contributed by atoms with Crippen molar-refractivity contribution in [1.82, 2.24) is 9.88 Å². The number of fused-ring (bicyclic) bond motifs is 1. The second-order valence-electron chi connectivity index (χ2n) is 4.67. The minimum absolute atomic E-state index is 0. The molecule has 1 aliphatic rings. The highest BCUT2D eigenvalue weighted by Crippen LogP contribution is 2.19. The molecular weight excluding hydrogens is 276 g/mol. The maximum atomic E-state index is 11.1. The summed E-state index contributed by atoms with van der Waals surface area (Å²) in [6.45, 7) is 2.86. The maximum absolute atomic E-state index is 11.1. The molecular formula is C14H17ClN4O. The number of primary amides is 1. The number of hydrogen-bond donors (Lipinski definition) is 1. The summed E-state index contributed by atoms with van der Waals surface area (Å²) >= 11 is 0. The fraction of sp³-hybridized carbons (Fsp3) is 0.286. The number of urea groups is 1. The molecule has 3 rings (SSSR count). The van der Waals surface area contributed by atoms with E-state index in [1.54, 1.807) is 4.90 Å².